The Morgan fingerprint density at radius 3 is 2.46 bits per heavy atom. The van der Waals surface area contributed by atoms with Crippen molar-refractivity contribution in [3.05, 3.63) is 12.2 Å². The molecule has 0 spiro atoms. The van der Waals surface area contributed by atoms with Crippen LogP contribution in [-0.2, 0) is 4.74 Å². The Bertz CT molecular complexity index is 145. The van der Waals surface area contributed by atoms with Crippen LogP contribution in [0.4, 0.5) is 0 Å². The van der Waals surface area contributed by atoms with Gasteiger partial charge in [-0.1, -0.05) is 19.1 Å². The van der Waals surface area contributed by atoms with E-state index >= 15 is 0 Å². The first-order valence-corrected chi connectivity index (χ1v) is 5.03. The summed E-state index contributed by atoms with van der Waals surface area (Å²) in [5.41, 5.74) is 1.21. The van der Waals surface area contributed by atoms with Gasteiger partial charge >= 0.3 is 0 Å². The zero-order valence-corrected chi connectivity index (χ0v) is 9.39. The van der Waals surface area contributed by atoms with Crippen molar-refractivity contribution in [1.29, 1.82) is 0 Å². The lowest BCUT2D eigenvalue weighted by Crippen LogP contribution is -2.30. The topological polar surface area (TPSA) is 21.3 Å². The SMILES string of the molecule is C=C(C)C(CCC(C)OC)NCC. The van der Waals surface area contributed by atoms with Crippen LogP contribution in [0.5, 0.6) is 0 Å². The van der Waals surface area contributed by atoms with E-state index in [0.717, 1.165) is 19.4 Å². The maximum atomic E-state index is 5.20. The number of methoxy groups -OCH3 is 1. The number of ether oxygens (including phenoxy) is 1. The molecule has 0 saturated heterocycles. The van der Waals surface area contributed by atoms with Crippen LogP contribution in [0.2, 0.25) is 0 Å². The highest BCUT2D eigenvalue weighted by molar-refractivity contribution is 5.01. The number of rotatable bonds is 7. The fraction of sp³-hybridized carbons (Fsp3) is 0.818. The summed E-state index contributed by atoms with van der Waals surface area (Å²) >= 11 is 0. The van der Waals surface area contributed by atoms with Crippen molar-refractivity contribution in [3.8, 4) is 0 Å². The largest absolute Gasteiger partial charge is 0.382 e. The molecule has 0 heterocycles. The van der Waals surface area contributed by atoms with Crippen LogP contribution in [-0.4, -0.2) is 25.8 Å². The minimum Gasteiger partial charge on any atom is -0.382 e. The quantitative estimate of drug-likeness (QED) is 0.615. The van der Waals surface area contributed by atoms with Gasteiger partial charge in [-0.05, 0) is 33.2 Å². The summed E-state index contributed by atoms with van der Waals surface area (Å²) in [5.74, 6) is 0. The van der Waals surface area contributed by atoms with Gasteiger partial charge in [0.1, 0.15) is 0 Å². The molecule has 0 aromatic heterocycles. The van der Waals surface area contributed by atoms with Gasteiger partial charge in [0.15, 0.2) is 0 Å². The third kappa shape index (κ3) is 5.83. The first-order chi connectivity index (χ1) is 6.11. The number of likely N-dealkylation sites (N-methyl/N-ethyl adjacent to an activating group) is 1. The van der Waals surface area contributed by atoms with Gasteiger partial charge in [0.2, 0.25) is 0 Å². The molecule has 2 atom stereocenters. The van der Waals surface area contributed by atoms with Gasteiger partial charge in [-0.2, -0.15) is 0 Å². The molecule has 0 fully saturated rings. The normalized spacial score (nSPS) is 15.4. The summed E-state index contributed by atoms with van der Waals surface area (Å²) in [6, 6.07) is 0.447. The van der Waals surface area contributed by atoms with Gasteiger partial charge in [-0.15, -0.1) is 0 Å². The molecule has 0 aromatic rings. The highest BCUT2D eigenvalue weighted by atomic mass is 16.5. The van der Waals surface area contributed by atoms with Crippen molar-refractivity contribution in [2.45, 2.75) is 45.8 Å². The van der Waals surface area contributed by atoms with E-state index in [-0.39, 0.29) is 0 Å². The van der Waals surface area contributed by atoms with Crippen molar-refractivity contribution >= 4 is 0 Å². The van der Waals surface area contributed by atoms with Crippen molar-refractivity contribution in [1.82, 2.24) is 5.32 Å². The molecule has 0 aromatic carbocycles. The predicted octanol–water partition coefficient (Wildman–Crippen LogP) is 2.36. The molecule has 0 saturated carbocycles. The molecule has 0 aliphatic rings. The Morgan fingerprint density at radius 1 is 1.46 bits per heavy atom. The van der Waals surface area contributed by atoms with Gasteiger partial charge < -0.3 is 10.1 Å². The highest BCUT2D eigenvalue weighted by Gasteiger charge is 2.09. The third-order valence-electron chi connectivity index (χ3n) is 2.31. The zero-order chi connectivity index (χ0) is 10.3. The molecule has 13 heavy (non-hydrogen) atoms. The average Bonchev–Trinajstić information content (AvgIpc) is 2.11. The van der Waals surface area contributed by atoms with E-state index < -0.39 is 0 Å². The molecule has 1 N–H and O–H groups in total. The summed E-state index contributed by atoms with van der Waals surface area (Å²) in [7, 11) is 1.76. The van der Waals surface area contributed by atoms with Gasteiger partial charge in [0.05, 0.1) is 6.10 Å². The second-order valence-electron chi connectivity index (χ2n) is 3.58. The van der Waals surface area contributed by atoms with Gasteiger partial charge in [-0.3, -0.25) is 0 Å². The Hall–Kier alpha value is -0.340. The van der Waals surface area contributed by atoms with E-state index in [9.17, 15) is 0 Å². The standard InChI is InChI=1S/C11H23NO/c1-6-12-11(9(2)3)8-7-10(4)13-5/h10-12H,2,6-8H2,1,3-5H3. The fourth-order valence-corrected chi connectivity index (χ4v) is 1.29. The summed E-state index contributed by atoms with van der Waals surface area (Å²) in [4.78, 5) is 0. The van der Waals surface area contributed by atoms with E-state index in [2.05, 4.69) is 32.7 Å². The van der Waals surface area contributed by atoms with E-state index in [1.165, 1.54) is 5.57 Å². The van der Waals surface area contributed by atoms with Crippen molar-refractivity contribution in [3.63, 3.8) is 0 Å². The lowest BCUT2D eigenvalue weighted by molar-refractivity contribution is 0.107. The lowest BCUT2D eigenvalue weighted by atomic mass is 10.0. The summed E-state index contributed by atoms with van der Waals surface area (Å²) in [6.07, 6.45) is 2.54. The Balaban J connectivity index is 3.75. The van der Waals surface area contributed by atoms with Gasteiger partial charge in [0.25, 0.3) is 0 Å². The summed E-state index contributed by atoms with van der Waals surface area (Å²) in [5, 5.41) is 3.41. The maximum Gasteiger partial charge on any atom is 0.0543 e. The molecule has 0 amide bonds. The van der Waals surface area contributed by atoms with E-state index in [1.807, 2.05) is 0 Å². The average molecular weight is 185 g/mol. The number of hydrogen-bond acceptors (Lipinski definition) is 2. The third-order valence-corrected chi connectivity index (χ3v) is 2.31. The minimum absolute atomic E-state index is 0.348. The van der Waals surface area contributed by atoms with Crippen LogP contribution < -0.4 is 5.32 Å². The molecule has 0 bridgehead atoms. The van der Waals surface area contributed by atoms with E-state index in [0.29, 0.717) is 12.1 Å². The molecule has 2 unspecified atom stereocenters. The second kappa shape index (κ2) is 7.10. The Morgan fingerprint density at radius 2 is 2.08 bits per heavy atom. The summed E-state index contributed by atoms with van der Waals surface area (Å²) < 4.78 is 5.20. The molecule has 0 aliphatic carbocycles. The Kier molecular flexibility index (Phi) is 6.92. The van der Waals surface area contributed by atoms with Crippen LogP contribution in [0.15, 0.2) is 12.2 Å². The predicted molar refractivity (Wildman–Crippen MR) is 58.0 cm³/mol. The van der Waals surface area contributed by atoms with Crippen molar-refractivity contribution in [2.75, 3.05) is 13.7 Å². The Labute approximate surface area is 82.4 Å². The molecule has 2 nitrogen and oxygen atoms in total. The van der Waals surface area contributed by atoms with Gasteiger partial charge in [-0.25, -0.2) is 0 Å². The lowest BCUT2D eigenvalue weighted by Gasteiger charge is -2.19. The maximum absolute atomic E-state index is 5.20. The minimum atomic E-state index is 0.348. The van der Waals surface area contributed by atoms with E-state index in [4.69, 9.17) is 4.74 Å². The van der Waals surface area contributed by atoms with Crippen LogP contribution in [0.3, 0.4) is 0 Å². The van der Waals surface area contributed by atoms with Crippen LogP contribution in [0, 0.1) is 0 Å². The van der Waals surface area contributed by atoms with Crippen LogP contribution >= 0.6 is 0 Å². The summed E-state index contributed by atoms with van der Waals surface area (Å²) in [6.45, 7) is 11.3. The molecule has 78 valence electrons. The smallest absolute Gasteiger partial charge is 0.0543 e. The molecule has 2 heteroatoms. The van der Waals surface area contributed by atoms with Crippen molar-refractivity contribution < 1.29 is 4.74 Å². The zero-order valence-electron chi connectivity index (χ0n) is 9.39. The molecule has 0 rings (SSSR count). The van der Waals surface area contributed by atoms with Crippen LogP contribution in [0.25, 0.3) is 0 Å². The van der Waals surface area contributed by atoms with Crippen molar-refractivity contribution in [2.24, 2.45) is 0 Å². The fourth-order valence-electron chi connectivity index (χ4n) is 1.29. The van der Waals surface area contributed by atoms with Crippen LogP contribution in [0.1, 0.15) is 33.6 Å². The molecule has 0 aliphatic heterocycles. The van der Waals surface area contributed by atoms with E-state index in [1.54, 1.807) is 7.11 Å². The monoisotopic (exact) mass is 185 g/mol. The molecule has 0 radical (unpaired) electrons. The second-order valence-corrected chi connectivity index (χ2v) is 3.58. The van der Waals surface area contributed by atoms with Gasteiger partial charge in [0, 0.05) is 13.2 Å². The first-order valence-electron chi connectivity index (χ1n) is 5.03. The number of hydrogen-bond donors (Lipinski definition) is 1. The molecular weight excluding hydrogens is 162 g/mol. The number of nitrogens with one attached hydrogen (secondary N) is 1. The first kappa shape index (κ1) is 12.7. The highest BCUT2D eigenvalue weighted by Crippen LogP contribution is 2.09. The molecular formula is C11H23NO.